The van der Waals surface area contributed by atoms with Crippen LogP contribution in [0.3, 0.4) is 0 Å². The van der Waals surface area contributed by atoms with Gasteiger partial charge in [0, 0.05) is 0 Å². The summed E-state index contributed by atoms with van der Waals surface area (Å²) in [6, 6.07) is 0. The first-order chi connectivity index (χ1) is 3.85. The lowest BCUT2D eigenvalue weighted by Gasteiger charge is -2.10. The first kappa shape index (κ1) is 7.92. The maximum atomic E-state index is 5.26. The molecule has 8 heavy (non-hydrogen) atoms. The molecule has 0 bridgehead atoms. The standard InChI is InChI=1S/C6H15NO/c1-4-7(5-2)8-6-3/h4-6H2,1-3H3/p+1. The van der Waals surface area contributed by atoms with Crippen LogP contribution >= 0.6 is 0 Å². The summed E-state index contributed by atoms with van der Waals surface area (Å²) in [5.41, 5.74) is 0. The quantitative estimate of drug-likeness (QED) is 0.507. The van der Waals surface area contributed by atoms with E-state index in [0.29, 0.717) is 0 Å². The van der Waals surface area contributed by atoms with Crippen molar-refractivity contribution in [1.82, 2.24) is 0 Å². The number of rotatable bonds is 4. The molecule has 0 atom stereocenters. The number of nitrogens with one attached hydrogen (secondary N) is 1. The highest BCUT2D eigenvalue weighted by Gasteiger charge is 1.97. The van der Waals surface area contributed by atoms with Crippen LogP contribution in [0.4, 0.5) is 0 Å². The maximum absolute atomic E-state index is 5.26. The molecule has 0 aromatic rings. The third kappa shape index (κ3) is 2.99. The second-order valence-electron chi connectivity index (χ2n) is 1.68. The Hall–Kier alpha value is -0.0800. The van der Waals surface area contributed by atoms with Crippen molar-refractivity contribution in [2.45, 2.75) is 20.8 Å². The summed E-state index contributed by atoms with van der Waals surface area (Å²) < 4.78 is 0. The summed E-state index contributed by atoms with van der Waals surface area (Å²) in [6.45, 7) is 9.19. The van der Waals surface area contributed by atoms with E-state index in [2.05, 4.69) is 13.8 Å². The fraction of sp³-hybridized carbons (Fsp3) is 1.00. The molecule has 1 N–H and O–H groups in total. The number of quaternary nitrogens is 1. The van der Waals surface area contributed by atoms with Crippen molar-refractivity contribution in [2.24, 2.45) is 0 Å². The highest BCUT2D eigenvalue weighted by atomic mass is 16.7. The molecule has 0 aromatic heterocycles. The lowest BCUT2D eigenvalue weighted by Crippen LogP contribution is -3.10. The van der Waals surface area contributed by atoms with Crippen molar-refractivity contribution >= 4 is 0 Å². The van der Waals surface area contributed by atoms with Crippen LogP contribution in [0.5, 0.6) is 0 Å². The highest BCUT2D eigenvalue weighted by Crippen LogP contribution is 1.55. The predicted octanol–water partition coefficient (Wildman–Crippen LogP) is -0.137. The molecular formula is C6H16NO+. The fourth-order valence-electron chi connectivity index (χ4n) is 0.658. The number of hydrogen-bond donors (Lipinski definition) is 1. The molecular weight excluding hydrogens is 102 g/mol. The molecule has 0 unspecified atom stereocenters. The fourth-order valence-corrected chi connectivity index (χ4v) is 0.658. The molecule has 0 heterocycles. The molecule has 0 amide bonds. The van der Waals surface area contributed by atoms with E-state index in [0.717, 1.165) is 19.7 Å². The lowest BCUT2D eigenvalue weighted by atomic mass is 10.6. The second-order valence-corrected chi connectivity index (χ2v) is 1.68. The Kier molecular flexibility index (Phi) is 5.01. The Labute approximate surface area is 51.4 Å². The van der Waals surface area contributed by atoms with Crippen molar-refractivity contribution < 1.29 is 9.90 Å². The average Bonchev–Trinajstić information content (AvgIpc) is 1.83. The van der Waals surface area contributed by atoms with Crippen molar-refractivity contribution in [3.05, 3.63) is 0 Å². The molecule has 0 spiro atoms. The van der Waals surface area contributed by atoms with E-state index < -0.39 is 0 Å². The van der Waals surface area contributed by atoms with E-state index in [-0.39, 0.29) is 0 Å². The van der Waals surface area contributed by atoms with Crippen molar-refractivity contribution in [1.29, 1.82) is 0 Å². The monoisotopic (exact) mass is 118 g/mol. The Morgan fingerprint density at radius 1 is 1.12 bits per heavy atom. The molecule has 0 radical (unpaired) electrons. The van der Waals surface area contributed by atoms with Crippen molar-refractivity contribution in [3.63, 3.8) is 0 Å². The molecule has 0 aliphatic heterocycles. The largest absolute Gasteiger partial charge is 0.205 e. The van der Waals surface area contributed by atoms with Crippen LogP contribution < -0.4 is 5.06 Å². The zero-order chi connectivity index (χ0) is 6.41. The predicted molar refractivity (Wildman–Crippen MR) is 33.7 cm³/mol. The zero-order valence-electron chi connectivity index (χ0n) is 6.03. The first-order valence-electron chi connectivity index (χ1n) is 3.32. The van der Waals surface area contributed by atoms with Gasteiger partial charge >= 0.3 is 0 Å². The van der Waals surface area contributed by atoms with E-state index in [9.17, 15) is 0 Å². The van der Waals surface area contributed by atoms with Gasteiger partial charge < -0.3 is 0 Å². The summed E-state index contributed by atoms with van der Waals surface area (Å²) in [5.74, 6) is 0. The van der Waals surface area contributed by atoms with Gasteiger partial charge in [0.15, 0.2) is 0 Å². The SMILES string of the molecule is CCO[NH+](CC)CC. The Morgan fingerprint density at radius 2 is 1.62 bits per heavy atom. The van der Waals surface area contributed by atoms with Gasteiger partial charge in [0.1, 0.15) is 19.7 Å². The molecule has 0 aromatic carbocycles. The topological polar surface area (TPSA) is 13.7 Å². The van der Waals surface area contributed by atoms with Crippen LogP contribution in [0.1, 0.15) is 20.8 Å². The van der Waals surface area contributed by atoms with Gasteiger partial charge in [0.05, 0.1) is 0 Å². The molecule has 0 fully saturated rings. The average molecular weight is 118 g/mol. The van der Waals surface area contributed by atoms with Crippen molar-refractivity contribution in [2.75, 3.05) is 19.7 Å². The van der Waals surface area contributed by atoms with Gasteiger partial charge in [-0.2, -0.15) is 5.06 Å². The summed E-state index contributed by atoms with van der Waals surface area (Å²) >= 11 is 0. The van der Waals surface area contributed by atoms with Crippen LogP contribution in [-0.4, -0.2) is 19.7 Å². The van der Waals surface area contributed by atoms with Gasteiger partial charge in [-0.05, 0) is 20.8 Å². The smallest absolute Gasteiger partial charge is 0.104 e. The summed E-state index contributed by atoms with van der Waals surface area (Å²) in [4.78, 5) is 5.26. The van der Waals surface area contributed by atoms with Crippen molar-refractivity contribution in [3.8, 4) is 0 Å². The molecule has 0 aliphatic rings. The van der Waals surface area contributed by atoms with E-state index in [4.69, 9.17) is 4.84 Å². The number of hydrogen-bond acceptors (Lipinski definition) is 1. The third-order valence-corrected chi connectivity index (χ3v) is 1.14. The van der Waals surface area contributed by atoms with Crippen LogP contribution in [-0.2, 0) is 4.84 Å². The van der Waals surface area contributed by atoms with Gasteiger partial charge in [-0.1, -0.05) is 0 Å². The molecule has 2 heteroatoms. The molecule has 0 saturated heterocycles. The van der Waals surface area contributed by atoms with E-state index in [1.54, 1.807) is 0 Å². The zero-order valence-corrected chi connectivity index (χ0v) is 6.03. The molecule has 0 rings (SSSR count). The number of hydroxylamine groups is 2. The van der Waals surface area contributed by atoms with Gasteiger partial charge in [-0.3, -0.25) is 0 Å². The van der Waals surface area contributed by atoms with E-state index in [1.165, 1.54) is 5.06 Å². The Balaban J connectivity index is 3.07. The lowest BCUT2D eigenvalue weighted by molar-refractivity contribution is -1.09. The van der Waals surface area contributed by atoms with Crippen LogP contribution in [0, 0.1) is 0 Å². The second kappa shape index (κ2) is 5.06. The van der Waals surface area contributed by atoms with E-state index >= 15 is 0 Å². The minimum atomic E-state index is 0.816. The minimum Gasteiger partial charge on any atom is -0.205 e. The van der Waals surface area contributed by atoms with Crippen LogP contribution in [0.15, 0.2) is 0 Å². The van der Waals surface area contributed by atoms with Crippen LogP contribution in [0.25, 0.3) is 0 Å². The van der Waals surface area contributed by atoms with Gasteiger partial charge in [-0.25, -0.2) is 4.84 Å². The summed E-state index contributed by atoms with van der Waals surface area (Å²) in [7, 11) is 0. The molecule has 0 saturated carbocycles. The molecule has 2 nitrogen and oxygen atoms in total. The third-order valence-electron chi connectivity index (χ3n) is 1.14. The Bertz CT molecular complexity index is 43.8. The molecule has 0 aliphatic carbocycles. The minimum absolute atomic E-state index is 0.816. The Morgan fingerprint density at radius 3 is 1.75 bits per heavy atom. The van der Waals surface area contributed by atoms with Gasteiger partial charge in [0.2, 0.25) is 0 Å². The van der Waals surface area contributed by atoms with Gasteiger partial charge in [0.25, 0.3) is 0 Å². The summed E-state index contributed by atoms with van der Waals surface area (Å²) in [5, 5.41) is 1.22. The first-order valence-corrected chi connectivity index (χ1v) is 3.32. The van der Waals surface area contributed by atoms with Crippen LogP contribution in [0.2, 0.25) is 0 Å². The van der Waals surface area contributed by atoms with E-state index in [1.807, 2.05) is 6.92 Å². The summed E-state index contributed by atoms with van der Waals surface area (Å²) in [6.07, 6.45) is 0. The normalized spacial score (nSPS) is 10.5. The highest BCUT2D eigenvalue weighted by molar-refractivity contribution is 4.03. The molecule has 50 valence electrons. The maximum Gasteiger partial charge on any atom is 0.104 e. The van der Waals surface area contributed by atoms with Gasteiger partial charge in [-0.15, -0.1) is 0 Å².